The third kappa shape index (κ3) is 3.88. The molecule has 1 atom stereocenters. The highest BCUT2D eigenvalue weighted by Crippen LogP contribution is 2.28. The average molecular weight is 315 g/mol. The van der Waals surface area contributed by atoms with Crippen molar-refractivity contribution in [3.63, 3.8) is 0 Å². The van der Waals surface area contributed by atoms with Gasteiger partial charge in [-0.2, -0.15) is 0 Å². The molecule has 4 heteroatoms. The lowest BCUT2D eigenvalue weighted by Crippen LogP contribution is -2.61. The Bertz CT molecular complexity index is 440. The van der Waals surface area contributed by atoms with Crippen LogP contribution in [0.5, 0.6) is 0 Å². The molecule has 2 rings (SSSR count). The average Bonchev–Trinajstić information content (AvgIpc) is 2.37. The number of benzene rings is 1. The summed E-state index contributed by atoms with van der Waals surface area (Å²) >= 11 is 12.6. The van der Waals surface area contributed by atoms with E-state index in [1.165, 1.54) is 12.8 Å². The SMILES string of the molecule is CCCC1CNC(C)(C)CN1Cc1c(Cl)cccc1Cl. The van der Waals surface area contributed by atoms with Crippen molar-refractivity contribution in [2.24, 2.45) is 0 Å². The van der Waals surface area contributed by atoms with Gasteiger partial charge in [-0.25, -0.2) is 0 Å². The summed E-state index contributed by atoms with van der Waals surface area (Å²) in [6.07, 6.45) is 2.39. The van der Waals surface area contributed by atoms with Gasteiger partial charge in [-0.3, -0.25) is 4.90 Å². The van der Waals surface area contributed by atoms with Crippen LogP contribution in [0.15, 0.2) is 18.2 Å². The van der Waals surface area contributed by atoms with Crippen LogP contribution in [0.25, 0.3) is 0 Å². The molecule has 1 aromatic rings. The zero-order valence-electron chi connectivity index (χ0n) is 12.5. The molecule has 1 aliphatic heterocycles. The van der Waals surface area contributed by atoms with Crippen molar-refractivity contribution in [2.45, 2.75) is 51.7 Å². The van der Waals surface area contributed by atoms with E-state index in [0.29, 0.717) is 6.04 Å². The molecule has 112 valence electrons. The Morgan fingerprint density at radius 1 is 1.30 bits per heavy atom. The lowest BCUT2D eigenvalue weighted by molar-refractivity contribution is 0.0827. The van der Waals surface area contributed by atoms with E-state index < -0.39 is 0 Å². The maximum atomic E-state index is 6.32. The Hall–Kier alpha value is -0.280. The maximum absolute atomic E-state index is 6.32. The van der Waals surface area contributed by atoms with Gasteiger partial charge in [-0.1, -0.05) is 42.6 Å². The summed E-state index contributed by atoms with van der Waals surface area (Å²) in [6, 6.07) is 6.30. The molecule has 0 aromatic heterocycles. The van der Waals surface area contributed by atoms with Crippen molar-refractivity contribution in [1.82, 2.24) is 10.2 Å². The fraction of sp³-hybridized carbons (Fsp3) is 0.625. The van der Waals surface area contributed by atoms with Crippen LogP contribution in [-0.2, 0) is 6.54 Å². The van der Waals surface area contributed by atoms with Crippen LogP contribution in [-0.4, -0.2) is 29.6 Å². The lowest BCUT2D eigenvalue weighted by atomic mass is 9.96. The quantitative estimate of drug-likeness (QED) is 0.889. The molecule has 0 aliphatic carbocycles. The standard InChI is InChI=1S/C16H24Cl2N2/c1-4-6-12-9-19-16(2,3)11-20(12)10-13-14(17)7-5-8-15(13)18/h5,7-8,12,19H,4,6,9-11H2,1-3H3. The van der Waals surface area contributed by atoms with Crippen molar-refractivity contribution < 1.29 is 0 Å². The third-order valence-corrected chi connectivity index (χ3v) is 4.68. The van der Waals surface area contributed by atoms with Crippen LogP contribution in [0.4, 0.5) is 0 Å². The van der Waals surface area contributed by atoms with Crippen LogP contribution in [0, 0.1) is 0 Å². The maximum Gasteiger partial charge on any atom is 0.0465 e. The first-order valence-corrected chi connectivity index (χ1v) is 8.10. The van der Waals surface area contributed by atoms with Gasteiger partial charge in [-0.15, -0.1) is 0 Å². The van der Waals surface area contributed by atoms with Crippen molar-refractivity contribution in [1.29, 1.82) is 0 Å². The van der Waals surface area contributed by atoms with Gasteiger partial charge in [0.15, 0.2) is 0 Å². The van der Waals surface area contributed by atoms with E-state index in [0.717, 1.165) is 35.2 Å². The molecule has 1 unspecified atom stereocenters. The topological polar surface area (TPSA) is 15.3 Å². The Morgan fingerprint density at radius 2 is 1.95 bits per heavy atom. The first-order chi connectivity index (χ1) is 9.43. The van der Waals surface area contributed by atoms with Gasteiger partial charge in [-0.05, 0) is 32.4 Å². The molecule has 1 saturated heterocycles. The van der Waals surface area contributed by atoms with Crippen molar-refractivity contribution >= 4 is 23.2 Å². The number of halogens is 2. The molecule has 1 fully saturated rings. The fourth-order valence-corrected chi connectivity index (χ4v) is 3.42. The normalized spacial score (nSPS) is 22.9. The number of rotatable bonds is 4. The van der Waals surface area contributed by atoms with Gasteiger partial charge in [0.05, 0.1) is 0 Å². The lowest BCUT2D eigenvalue weighted by Gasteiger charge is -2.45. The van der Waals surface area contributed by atoms with Crippen molar-refractivity contribution in [2.75, 3.05) is 13.1 Å². The van der Waals surface area contributed by atoms with Crippen LogP contribution in [0.3, 0.4) is 0 Å². The first kappa shape index (κ1) is 16.1. The highest BCUT2D eigenvalue weighted by molar-refractivity contribution is 6.35. The summed E-state index contributed by atoms with van der Waals surface area (Å²) < 4.78 is 0. The molecule has 1 aromatic carbocycles. The molecular formula is C16H24Cl2N2. The monoisotopic (exact) mass is 314 g/mol. The van der Waals surface area contributed by atoms with Gasteiger partial charge in [0, 0.05) is 46.8 Å². The van der Waals surface area contributed by atoms with E-state index in [1.807, 2.05) is 18.2 Å². The molecule has 1 aliphatic rings. The Kier molecular flexibility index (Phi) is 5.36. The third-order valence-electron chi connectivity index (χ3n) is 3.98. The molecule has 0 radical (unpaired) electrons. The number of hydrogen-bond acceptors (Lipinski definition) is 2. The summed E-state index contributed by atoms with van der Waals surface area (Å²) in [5.41, 5.74) is 1.19. The molecule has 2 nitrogen and oxygen atoms in total. The molecule has 0 spiro atoms. The molecule has 1 heterocycles. The van der Waals surface area contributed by atoms with Gasteiger partial charge in [0.2, 0.25) is 0 Å². The van der Waals surface area contributed by atoms with Crippen LogP contribution in [0.2, 0.25) is 10.0 Å². The minimum absolute atomic E-state index is 0.137. The predicted octanol–water partition coefficient (Wildman–Crippen LogP) is 4.35. The molecule has 20 heavy (non-hydrogen) atoms. The zero-order chi connectivity index (χ0) is 14.8. The van der Waals surface area contributed by atoms with E-state index >= 15 is 0 Å². The fourth-order valence-electron chi connectivity index (χ4n) is 2.91. The smallest absolute Gasteiger partial charge is 0.0465 e. The van der Waals surface area contributed by atoms with E-state index in [2.05, 4.69) is 31.0 Å². The molecule has 1 N–H and O–H groups in total. The number of nitrogens with one attached hydrogen (secondary N) is 1. The second-order valence-electron chi connectivity index (χ2n) is 6.31. The van der Waals surface area contributed by atoms with Gasteiger partial charge in [0.1, 0.15) is 0 Å². The van der Waals surface area contributed by atoms with E-state index in [-0.39, 0.29) is 5.54 Å². The Morgan fingerprint density at radius 3 is 2.55 bits per heavy atom. The molecule has 0 amide bonds. The zero-order valence-corrected chi connectivity index (χ0v) is 14.1. The van der Waals surface area contributed by atoms with Crippen LogP contribution < -0.4 is 5.32 Å². The molecule has 0 bridgehead atoms. The summed E-state index contributed by atoms with van der Waals surface area (Å²) in [5, 5.41) is 5.17. The van der Waals surface area contributed by atoms with Crippen LogP contribution >= 0.6 is 23.2 Å². The van der Waals surface area contributed by atoms with E-state index in [4.69, 9.17) is 23.2 Å². The number of hydrogen-bond donors (Lipinski definition) is 1. The van der Waals surface area contributed by atoms with Gasteiger partial charge in [0.25, 0.3) is 0 Å². The van der Waals surface area contributed by atoms with Crippen LogP contribution in [0.1, 0.15) is 39.2 Å². The van der Waals surface area contributed by atoms with Crippen molar-refractivity contribution in [3.8, 4) is 0 Å². The van der Waals surface area contributed by atoms with Gasteiger partial charge >= 0.3 is 0 Å². The largest absolute Gasteiger partial charge is 0.309 e. The minimum Gasteiger partial charge on any atom is -0.309 e. The highest BCUT2D eigenvalue weighted by atomic mass is 35.5. The second kappa shape index (κ2) is 6.65. The van der Waals surface area contributed by atoms with E-state index in [1.54, 1.807) is 0 Å². The number of piperazine rings is 1. The Labute approximate surface area is 132 Å². The summed E-state index contributed by atoms with van der Waals surface area (Å²) in [7, 11) is 0. The van der Waals surface area contributed by atoms with Gasteiger partial charge < -0.3 is 5.32 Å². The van der Waals surface area contributed by atoms with Crippen molar-refractivity contribution in [3.05, 3.63) is 33.8 Å². The minimum atomic E-state index is 0.137. The summed E-state index contributed by atoms with van der Waals surface area (Å²) in [4.78, 5) is 2.52. The second-order valence-corrected chi connectivity index (χ2v) is 7.13. The predicted molar refractivity (Wildman–Crippen MR) is 87.6 cm³/mol. The highest BCUT2D eigenvalue weighted by Gasteiger charge is 2.32. The first-order valence-electron chi connectivity index (χ1n) is 7.35. The summed E-state index contributed by atoms with van der Waals surface area (Å²) in [5.74, 6) is 0. The Balaban J connectivity index is 2.18. The van der Waals surface area contributed by atoms with E-state index in [9.17, 15) is 0 Å². The molecule has 0 saturated carbocycles. The number of nitrogens with zero attached hydrogens (tertiary/aromatic N) is 1. The molecular weight excluding hydrogens is 291 g/mol. The summed E-state index contributed by atoms with van der Waals surface area (Å²) in [6.45, 7) is 9.60.